The monoisotopic (exact) mass is 450 g/mol. The van der Waals surface area contributed by atoms with Crippen LogP contribution in [-0.2, 0) is 0 Å². The number of aryl methyl sites for hydroxylation is 1. The van der Waals surface area contributed by atoms with Crippen LogP contribution < -0.4 is 20.3 Å². The van der Waals surface area contributed by atoms with Gasteiger partial charge in [0.2, 0.25) is 5.43 Å². The molecule has 0 atom stereocenters. The first-order valence-corrected chi connectivity index (χ1v) is 10.9. The van der Waals surface area contributed by atoms with Crippen LogP contribution in [0.25, 0.3) is 11.1 Å². The average molecular weight is 451 g/mol. The molecule has 0 heterocycles. The Morgan fingerprint density at radius 3 is 1.82 bits per heavy atom. The molecule has 33 heavy (non-hydrogen) atoms. The van der Waals surface area contributed by atoms with Gasteiger partial charge in [0.1, 0.15) is 11.5 Å². The Hall–Kier alpha value is -3.41. The second-order valence-corrected chi connectivity index (χ2v) is 8.96. The number of hydrogen-bond acceptors (Lipinski definition) is 6. The van der Waals surface area contributed by atoms with E-state index in [1.165, 1.54) is 0 Å². The van der Waals surface area contributed by atoms with Gasteiger partial charge in [0.25, 0.3) is 5.43 Å². The van der Waals surface area contributed by atoms with E-state index in [0.29, 0.717) is 44.7 Å². The largest absolute Gasteiger partial charge is 0.508 e. The molecule has 3 rings (SSSR count). The van der Waals surface area contributed by atoms with Crippen molar-refractivity contribution < 1.29 is 19.4 Å². The van der Waals surface area contributed by atoms with Gasteiger partial charge in [0.15, 0.2) is 5.75 Å². The number of hydrogen-bond donors (Lipinski definition) is 1. The molecule has 1 N–H and O–H groups in total. The van der Waals surface area contributed by atoms with Crippen molar-refractivity contribution in [3.8, 4) is 28.4 Å². The molecular weight excluding hydrogens is 420 g/mol. The molecule has 0 unspecified atom stereocenters. The van der Waals surface area contributed by atoms with Crippen molar-refractivity contribution in [2.75, 3.05) is 0 Å². The molecule has 0 aliphatic heterocycles. The molecule has 0 bridgehead atoms. The van der Waals surface area contributed by atoms with Gasteiger partial charge in [-0.3, -0.25) is 9.59 Å². The van der Waals surface area contributed by atoms with Crippen LogP contribution in [-0.4, -0.2) is 17.2 Å². The van der Waals surface area contributed by atoms with Crippen molar-refractivity contribution in [1.29, 1.82) is 0 Å². The fourth-order valence-electron chi connectivity index (χ4n) is 4.27. The highest BCUT2D eigenvalue weighted by atomic mass is 16.5. The third kappa shape index (κ3) is 3.84. The number of carbonyl (C=O) groups excluding carboxylic acids is 1. The highest BCUT2D eigenvalue weighted by molar-refractivity contribution is 5.95. The Kier molecular flexibility index (Phi) is 6.25. The van der Waals surface area contributed by atoms with Gasteiger partial charge in [-0.15, -0.1) is 0 Å². The van der Waals surface area contributed by atoms with E-state index in [9.17, 15) is 19.5 Å². The first-order valence-electron chi connectivity index (χ1n) is 10.9. The van der Waals surface area contributed by atoms with Crippen molar-refractivity contribution in [2.45, 2.75) is 68.4 Å². The number of esters is 1. The summed E-state index contributed by atoms with van der Waals surface area (Å²) in [4.78, 5) is 37.8. The predicted octanol–water partition coefficient (Wildman–Crippen LogP) is 4.82. The Labute approximate surface area is 193 Å². The van der Waals surface area contributed by atoms with Gasteiger partial charge in [0.05, 0.1) is 17.2 Å². The van der Waals surface area contributed by atoms with Crippen LogP contribution in [0, 0.1) is 48.5 Å². The maximum absolute atomic E-state index is 13.2. The van der Waals surface area contributed by atoms with Crippen molar-refractivity contribution >= 4 is 5.97 Å². The van der Waals surface area contributed by atoms with Gasteiger partial charge < -0.3 is 14.6 Å². The Morgan fingerprint density at radius 2 is 1.30 bits per heavy atom. The van der Waals surface area contributed by atoms with Crippen LogP contribution in [0.5, 0.6) is 17.2 Å². The van der Waals surface area contributed by atoms with E-state index in [1.807, 2.05) is 27.7 Å². The maximum atomic E-state index is 13.2. The highest BCUT2D eigenvalue weighted by Crippen LogP contribution is 2.40. The van der Waals surface area contributed by atoms with Gasteiger partial charge >= 0.3 is 5.97 Å². The Morgan fingerprint density at radius 1 is 0.758 bits per heavy atom. The fourth-order valence-corrected chi connectivity index (χ4v) is 4.27. The molecular formula is C27H30O6. The van der Waals surface area contributed by atoms with E-state index >= 15 is 0 Å². The first-order chi connectivity index (χ1) is 15.3. The van der Waals surface area contributed by atoms with Gasteiger partial charge in [-0.25, -0.2) is 4.79 Å². The number of rotatable bonds is 5. The summed E-state index contributed by atoms with van der Waals surface area (Å²) in [7, 11) is 0. The van der Waals surface area contributed by atoms with E-state index in [4.69, 9.17) is 9.47 Å². The van der Waals surface area contributed by atoms with Crippen LogP contribution in [0.3, 0.4) is 0 Å². The number of phenolic OH excluding ortho intramolecular Hbond substituents is 1. The number of carbonyl (C=O) groups is 1. The minimum absolute atomic E-state index is 0.0931. The van der Waals surface area contributed by atoms with E-state index in [1.54, 1.807) is 40.7 Å². The molecule has 6 nitrogen and oxygen atoms in total. The summed E-state index contributed by atoms with van der Waals surface area (Å²) in [6, 6.07) is 1.56. The normalized spacial score (nSPS) is 11.3. The lowest BCUT2D eigenvalue weighted by atomic mass is 9.86. The fraction of sp³-hybridized carbons (Fsp3) is 0.370. The molecule has 174 valence electrons. The summed E-state index contributed by atoms with van der Waals surface area (Å²) >= 11 is 0. The van der Waals surface area contributed by atoms with Gasteiger partial charge in [-0.1, -0.05) is 0 Å². The topological polar surface area (TPSA) is 89.9 Å². The number of benzene rings is 2. The molecule has 0 amide bonds. The zero-order valence-corrected chi connectivity index (χ0v) is 20.6. The molecule has 3 aromatic rings. The molecule has 0 aromatic heterocycles. The minimum Gasteiger partial charge on any atom is -0.508 e. The van der Waals surface area contributed by atoms with E-state index < -0.39 is 16.8 Å². The van der Waals surface area contributed by atoms with Crippen LogP contribution in [0.2, 0.25) is 0 Å². The van der Waals surface area contributed by atoms with Crippen LogP contribution >= 0.6 is 0 Å². The lowest BCUT2D eigenvalue weighted by Crippen LogP contribution is -2.36. The highest BCUT2D eigenvalue weighted by Gasteiger charge is 2.30. The number of ether oxygens (including phenoxy) is 2. The van der Waals surface area contributed by atoms with Gasteiger partial charge in [-0.05, 0) is 113 Å². The van der Waals surface area contributed by atoms with E-state index in [2.05, 4.69) is 0 Å². The molecule has 6 heteroatoms. The second-order valence-electron chi connectivity index (χ2n) is 8.96. The summed E-state index contributed by atoms with van der Waals surface area (Å²) in [6.45, 7) is 16.2. The minimum atomic E-state index is -0.614. The number of aromatic hydroxyl groups is 1. The maximum Gasteiger partial charge on any atom is 0.344 e. The Balaban J connectivity index is 2.14. The molecule has 0 aliphatic carbocycles. The molecule has 0 radical (unpaired) electrons. The quantitative estimate of drug-likeness (QED) is 0.341. The summed E-state index contributed by atoms with van der Waals surface area (Å²) in [5.41, 5.74) is 4.99. The molecule has 0 saturated carbocycles. The summed E-state index contributed by atoms with van der Waals surface area (Å²) in [5, 5.41) is 10.0. The third-order valence-electron chi connectivity index (χ3n) is 6.49. The zero-order chi connectivity index (χ0) is 24.9. The average Bonchev–Trinajstić information content (AvgIpc) is 2.75. The smallest absolute Gasteiger partial charge is 0.344 e. The van der Waals surface area contributed by atoms with Crippen LogP contribution in [0.4, 0.5) is 0 Å². The van der Waals surface area contributed by atoms with Gasteiger partial charge in [0, 0.05) is 0 Å². The van der Waals surface area contributed by atoms with Crippen molar-refractivity contribution in [2.24, 2.45) is 0 Å². The van der Waals surface area contributed by atoms with Gasteiger partial charge in [-0.2, -0.15) is 0 Å². The Bertz CT molecular complexity index is 1340. The van der Waals surface area contributed by atoms with Crippen LogP contribution in [0.15, 0.2) is 15.7 Å². The predicted molar refractivity (Wildman–Crippen MR) is 129 cm³/mol. The summed E-state index contributed by atoms with van der Waals surface area (Å²) in [5.74, 6) is 0.144. The molecule has 0 aliphatic rings. The molecule has 3 aromatic carbocycles. The van der Waals surface area contributed by atoms with Crippen molar-refractivity contribution in [3.05, 3.63) is 71.0 Å². The lowest BCUT2D eigenvalue weighted by Gasteiger charge is -2.23. The summed E-state index contributed by atoms with van der Waals surface area (Å²) < 4.78 is 11.5. The lowest BCUT2D eigenvalue weighted by molar-refractivity contribution is 0.0730. The molecule has 0 spiro atoms. The van der Waals surface area contributed by atoms with Crippen LogP contribution in [0.1, 0.15) is 63.1 Å². The van der Waals surface area contributed by atoms with Crippen molar-refractivity contribution in [3.63, 3.8) is 0 Å². The van der Waals surface area contributed by atoms with E-state index in [-0.39, 0.29) is 23.2 Å². The number of phenols is 1. The molecule has 0 fully saturated rings. The standard InChI is InChI=1S/C27H30O6/c1-11(2)32-26-22(23(29)24(26)30)21-15(6)17(8)25(18(9)16(21)7)33-27(31)20-12(3)10-19(28)13(4)14(20)5/h10-11,28H,1-9H3. The third-order valence-corrected chi connectivity index (χ3v) is 6.49. The SMILES string of the molecule is Cc1cc(O)c(C)c(C)c1C(=O)Oc1c(C)c(C)c(-c2c(OC(C)C)c(=O)c2=O)c(C)c1C. The second kappa shape index (κ2) is 8.50. The zero-order valence-electron chi connectivity index (χ0n) is 20.6. The molecule has 0 saturated heterocycles. The summed E-state index contributed by atoms with van der Waals surface area (Å²) in [6.07, 6.45) is -0.240. The first kappa shape index (κ1) is 24.2. The van der Waals surface area contributed by atoms with Crippen molar-refractivity contribution in [1.82, 2.24) is 0 Å². The van der Waals surface area contributed by atoms with E-state index in [0.717, 1.165) is 11.1 Å².